The van der Waals surface area contributed by atoms with Gasteiger partial charge in [0.05, 0.1) is 5.52 Å². The highest BCUT2D eigenvalue weighted by Crippen LogP contribution is 2.31. The van der Waals surface area contributed by atoms with Crippen LogP contribution in [0.5, 0.6) is 0 Å². The fraction of sp³-hybridized carbons (Fsp3) is 0.333. The van der Waals surface area contributed by atoms with E-state index in [2.05, 4.69) is 99.6 Å². The lowest BCUT2D eigenvalue weighted by Gasteiger charge is -2.35. The number of nitrogens with one attached hydrogen (secondary N) is 1. The van der Waals surface area contributed by atoms with E-state index in [0.29, 0.717) is 5.95 Å². The standard InChI is InChI=1S/C30H34N6/c1-22-20-25(10-13-28(22)36-18-16-34(2)17-19-36)32-30-31-21-24-6-5-7-27(29(24)33-30)23-8-11-26(12-9-23)35-14-3-4-15-35/h5-13,20-21H,3-4,14-19H2,1-2H3,(H,31,32,33). The van der Waals surface area contributed by atoms with Crippen molar-refractivity contribution >= 4 is 33.9 Å². The molecule has 36 heavy (non-hydrogen) atoms. The molecular formula is C30H34N6. The normalized spacial score (nSPS) is 16.6. The molecule has 1 aromatic heterocycles. The van der Waals surface area contributed by atoms with Crippen LogP contribution < -0.4 is 15.1 Å². The maximum atomic E-state index is 4.95. The van der Waals surface area contributed by atoms with Gasteiger partial charge in [-0.25, -0.2) is 9.97 Å². The van der Waals surface area contributed by atoms with E-state index in [0.717, 1.165) is 61.4 Å². The SMILES string of the molecule is Cc1cc(Nc2ncc3cccc(-c4ccc(N5CCCC5)cc4)c3n2)ccc1N1CCN(C)CC1. The summed E-state index contributed by atoms with van der Waals surface area (Å²) in [6, 6.07) is 21.8. The summed E-state index contributed by atoms with van der Waals surface area (Å²) in [4.78, 5) is 16.9. The van der Waals surface area contributed by atoms with Crippen LogP contribution in [-0.4, -0.2) is 61.2 Å². The Balaban J connectivity index is 1.25. The number of aryl methyl sites for hydroxylation is 1. The number of rotatable bonds is 5. The summed E-state index contributed by atoms with van der Waals surface area (Å²) in [6.07, 6.45) is 4.49. The molecule has 1 N–H and O–H groups in total. The Morgan fingerprint density at radius 2 is 1.58 bits per heavy atom. The number of hydrogen-bond donors (Lipinski definition) is 1. The van der Waals surface area contributed by atoms with Gasteiger partial charge >= 0.3 is 0 Å². The van der Waals surface area contributed by atoms with Crippen LogP contribution in [0.3, 0.4) is 0 Å². The van der Waals surface area contributed by atoms with Gasteiger partial charge in [-0.15, -0.1) is 0 Å². The van der Waals surface area contributed by atoms with Crippen LogP contribution in [0, 0.1) is 6.92 Å². The Kier molecular flexibility index (Phi) is 6.20. The Labute approximate surface area is 213 Å². The van der Waals surface area contributed by atoms with E-state index in [4.69, 9.17) is 4.98 Å². The minimum absolute atomic E-state index is 0.621. The van der Waals surface area contributed by atoms with E-state index in [1.807, 2.05) is 6.20 Å². The smallest absolute Gasteiger partial charge is 0.227 e. The maximum absolute atomic E-state index is 4.95. The minimum Gasteiger partial charge on any atom is -0.372 e. The van der Waals surface area contributed by atoms with Crippen LogP contribution in [0.4, 0.5) is 23.0 Å². The summed E-state index contributed by atoms with van der Waals surface area (Å²) < 4.78 is 0. The van der Waals surface area contributed by atoms with Crippen LogP contribution >= 0.6 is 0 Å². The first-order chi connectivity index (χ1) is 17.6. The van der Waals surface area contributed by atoms with Crippen LogP contribution in [-0.2, 0) is 0 Å². The first kappa shape index (κ1) is 22.8. The zero-order valence-corrected chi connectivity index (χ0v) is 21.2. The number of piperazine rings is 1. The molecule has 0 saturated carbocycles. The minimum atomic E-state index is 0.621. The highest BCUT2D eigenvalue weighted by Gasteiger charge is 2.17. The van der Waals surface area contributed by atoms with Gasteiger partial charge in [-0.3, -0.25) is 0 Å². The summed E-state index contributed by atoms with van der Waals surface area (Å²) in [6.45, 7) is 8.85. The second-order valence-corrected chi connectivity index (χ2v) is 10.1. The fourth-order valence-corrected chi connectivity index (χ4v) is 5.44. The maximum Gasteiger partial charge on any atom is 0.227 e. The van der Waals surface area contributed by atoms with Gasteiger partial charge in [-0.2, -0.15) is 0 Å². The first-order valence-electron chi connectivity index (χ1n) is 13.1. The van der Waals surface area contributed by atoms with Crippen LogP contribution in [0.15, 0.2) is 66.9 Å². The number of anilines is 4. The summed E-state index contributed by atoms with van der Waals surface area (Å²) >= 11 is 0. The van der Waals surface area contributed by atoms with E-state index in [-0.39, 0.29) is 0 Å². The lowest BCUT2D eigenvalue weighted by atomic mass is 10.0. The third kappa shape index (κ3) is 4.61. The van der Waals surface area contributed by atoms with Crippen molar-refractivity contribution in [1.29, 1.82) is 0 Å². The van der Waals surface area contributed by atoms with Gasteiger partial charge in [0.15, 0.2) is 0 Å². The van der Waals surface area contributed by atoms with Crippen molar-refractivity contribution in [2.45, 2.75) is 19.8 Å². The van der Waals surface area contributed by atoms with E-state index in [1.54, 1.807) is 0 Å². The molecule has 6 rings (SSSR count). The van der Waals surface area contributed by atoms with Gasteiger partial charge in [0.25, 0.3) is 0 Å². The second kappa shape index (κ2) is 9.78. The van der Waals surface area contributed by atoms with Crippen LogP contribution in [0.1, 0.15) is 18.4 Å². The number of hydrogen-bond acceptors (Lipinski definition) is 6. The average molecular weight is 479 g/mol. The van der Waals surface area contributed by atoms with Gasteiger partial charge in [-0.05, 0) is 68.3 Å². The zero-order valence-electron chi connectivity index (χ0n) is 21.2. The average Bonchev–Trinajstić information content (AvgIpc) is 3.45. The second-order valence-electron chi connectivity index (χ2n) is 10.1. The van der Waals surface area contributed by atoms with E-state index < -0.39 is 0 Å². The summed E-state index contributed by atoms with van der Waals surface area (Å²) in [7, 11) is 2.19. The molecule has 184 valence electrons. The van der Waals surface area contributed by atoms with Crippen molar-refractivity contribution in [2.24, 2.45) is 0 Å². The predicted octanol–water partition coefficient (Wildman–Crippen LogP) is 5.70. The Morgan fingerprint density at radius 1 is 0.806 bits per heavy atom. The van der Waals surface area contributed by atoms with Gasteiger partial charge in [0, 0.05) is 73.5 Å². The van der Waals surface area contributed by atoms with Gasteiger partial charge in [0.1, 0.15) is 0 Å². The molecule has 0 bridgehead atoms. The summed E-state index contributed by atoms with van der Waals surface area (Å²) in [5.74, 6) is 0.621. The third-order valence-electron chi connectivity index (χ3n) is 7.56. The number of nitrogens with zero attached hydrogens (tertiary/aromatic N) is 5. The topological polar surface area (TPSA) is 47.5 Å². The number of benzene rings is 3. The van der Waals surface area contributed by atoms with Crippen molar-refractivity contribution in [1.82, 2.24) is 14.9 Å². The molecule has 6 nitrogen and oxygen atoms in total. The number of para-hydroxylation sites is 1. The van der Waals surface area contributed by atoms with Crippen LogP contribution in [0.2, 0.25) is 0 Å². The largest absolute Gasteiger partial charge is 0.372 e. The highest BCUT2D eigenvalue weighted by atomic mass is 15.2. The van der Waals surface area contributed by atoms with Crippen molar-refractivity contribution in [2.75, 3.05) is 61.4 Å². The molecule has 0 aliphatic carbocycles. The van der Waals surface area contributed by atoms with Gasteiger partial charge in [0.2, 0.25) is 5.95 Å². The zero-order chi connectivity index (χ0) is 24.5. The Bertz CT molecular complexity index is 1350. The quantitative estimate of drug-likeness (QED) is 0.397. The molecule has 0 unspecified atom stereocenters. The monoisotopic (exact) mass is 478 g/mol. The molecule has 2 aliphatic rings. The highest BCUT2D eigenvalue weighted by molar-refractivity contribution is 5.94. The molecule has 4 aromatic rings. The molecule has 0 radical (unpaired) electrons. The van der Waals surface area contributed by atoms with E-state index >= 15 is 0 Å². The fourth-order valence-electron chi connectivity index (χ4n) is 5.44. The van der Waals surface area contributed by atoms with E-state index in [1.165, 1.54) is 35.3 Å². The van der Waals surface area contributed by atoms with E-state index in [9.17, 15) is 0 Å². The molecule has 2 aliphatic heterocycles. The molecule has 2 fully saturated rings. The summed E-state index contributed by atoms with van der Waals surface area (Å²) in [5.41, 5.74) is 8.18. The molecular weight excluding hydrogens is 444 g/mol. The van der Waals surface area contributed by atoms with Crippen molar-refractivity contribution in [3.05, 3.63) is 72.4 Å². The van der Waals surface area contributed by atoms with Gasteiger partial charge < -0.3 is 20.0 Å². The molecule has 3 aromatic carbocycles. The molecule has 0 amide bonds. The third-order valence-corrected chi connectivity index (χ3v) is 7.56. The molecule has 3 heterocycles. The van der Waals surface area contributed by atoms with Crippen molar-refractivity contribution in [3.8, 4) is 11.1 Å². The number of fused-ring (bicyclic) bond motifs is 1. The lowest BCUT2D eigenvalue weighted by Crippen LogP contribution is -2.44. The number of likely N-dealkylation sites (N-methyl/N-ethyl adjacent to an activating group) is 1. The predicted molar refractivity (Wildman–Crippen MR) is 151 cm³/mol. The Morgan fingerprint density at radius 3 is 2.33 bits per heavy atom. The van der Waals surface area contributed by atoms with Crippen molar-refractivity contribution in [3.63, 3.8) is 0 Å². The molecule has 0 spiro atoms. The first-order valence-corrected chi connectivity index (χ1v) is 13.1. The van der Waals surface area contributed by atoms with Crippen molar-refractivity contribution < 1.29 is 0 Å². The summed E-state index contributed by atoms with van der Waals surface area (Å²) in [5, 5.41) is 4.49. The van der Waals surface area contributed by atoms with Crippen LogP contribution in [0.25, 0.3) is 22.0 Å². The Hall–Kier alpha value is -3.64. The molecule has 0 atom stereocenters. The molecule has 6 heteroatoms. The van der Waals surface area contributed by atoms with Gasteiger partial charge in [-0.1, -0.05) is 30.3 Å². The molecule has 2 saturated heterocycles. The number of aromatic nitrogens is 2. The lowest BCUT2D eigenvalue weighted by molar-refractivity contribution is 0.312.